The van der Waals surface area contributed by atoms with Crippen molar-refractivity contribution in [1.82, 2.24) is 10.2 Å². The van der Waals surface area contributed by atoms with Crippen molar-refractivity contribution in [2.75, 3.05) is 20.2 Å². The summed E-state index contributed by atoms with van der Waals surface area (Å²) >= 11 is 0. The van der Waals surface area contributed by atoms with E-state index in [0.717, 1.165) is 33.6 Å². The zero-order chi connectivity index (χ0) is 22.4. The van der Waals surface area contributed by atoms with Crippen molar-refractivity contribution < 1.29 is 24.2 Å². The van der Waals surface area contributed by atoms with Crippen LogP contribution in [-0.4, -0.2) is 54.2 Å². The van der Waals surface area contributed by atoms with Gasteiger partial charge in [0.2, 0.25) is 5.91 Å². The van der Waals surface area contributed by atoms with Gasteiger partial charge in [-0.1, -0.05) is 61.9 Å². The summed E-state index contributed by atoms with van der Waals surface area (Å²) in [4.78, 5) is 36.7. The van der Waals surface area contributed by atoms with Crippen molar-refractivity contribution in [3.8, 4) is 11.1 Å². The Labute approximate surface area is 182 Å². The van der Waals surface area contributed by atoms with Gasteiger partial charge in [-0.3, -0.25) is 9.59 Å². The zero-order valence-corrected chi connectivity index (χ0v) is 17.8. The minimum absolute atomic E-state index is 0.0296. The molecular weight excluding hydrogens is 396 g/mol. The van der Waals surface area contributed by atoms with Crippen molar-refractivity contribution in [3.05, 3.63) is 59.7 Å². The number of nitrogens with zero attached hydrogens (tertiary/aromatic N) is 1. The molecule has 1 unspecified atom stereocenters. The molecule has 2 amide bonds. The summed E-state index contributed by atoms with van der Waals surface area (Å²) in [5.74, 6) is -1.45. The van der Waals surface area contributed by atoms with Crippen LogP contribution < -0.4 is 5.32 Å². The second-order valence-electron chi connectivity index (χ2n) is 7.80. The summed E-state index contributed by atoms with van der Waals surface area (Å²) in [5, 5.41) is 11.6. The molecule has 1 aliphatic rings. The Hall–Kier alpha value is -3.35. The number of hydrogen-bond donors (Lipinski definition) is 2. The topological polar surface area (TPSA) is 95.9 Å². The second-order valence-corrected chi connectivity index (χ2v) is 7.80. The molecular formula is C24H28N2O5. The molecule has 31 heavy (non-hydrogen) atoms. The number of carbonyl (C=O) groups is 3. The molecule has 3 rings (SSSR count). The standard InChI is InChI=1S/C24H28N2O5/c1-3-8-16(13-22(27)26(2)14-23(28)29)25-24(30)31-15-21-19-11-6-4-9-17(19)18-10-5-7-12-20(18)21/h4-7,9-12,16,21H,3,8,13-15H2,1-2H3,(H,25,30)(H,28,29). The highest BCUT2D eigenvalue weighted by atomic mass is 16.5. The second kappa shape index (κ2) is 10.1. The van der Waals surface area contributed by atoms with E-state index in [4.69, 9.17) is 9.84 Å². The average molecular weight is 424 g/mol. The van der Waals surface area contributed by atoms with Crippen molar-refractivity contribution in [1.29, 1.82) is 0 Å². The van der Waals surface area contributed by atoms with Crippen LogP contribution in [0.4, 0.5) is 4.79 Å². The highest BCUT2D eigenvalue weighted by molar-refractivity contribution is 5.82. The molecule has 0 heterocycles. The summed E-state index contributed by atoms with van der Waals surface area (Å²) in [6, 6.07) is 15.8. The van der Waals surface area contributed by atoms with Crippen LogP contribution in [0.15, 0.2) is 48.5 Å². The minimum Gasteiger partial charge on any atom is -0.480 e. The van der Waals surface area contributed by atoms with Gasteiger partial charge in [0.15, 0.2) is 0 Å². The molecule has 0 aliphatic heterocycles. The number of alkyl carbamates (subject to hydrolysis) is 1. The molecule has 0 radical (unpaired) electrons. The molecule has 0 aromatic heterocycles. The number of likely N-dealkylation sites (N-methyl/N-ethyl adjacent to an activating group) is 1. The first kappa shape index (κ1) is 22.3. The van der Waals surface area contributed by atoms with E-state index in [1.807, 2.05) is 31.2 Å². The lowest BCUT2D eigenvalue weighted by Crippen LogP contribution is -2.41. The Bertz CT molecular complexity index is 913. The van der Waals surface area contributed by atoms with Gasteiger partial charge in [0.25, 0.3) is 0 Å². The normalized spacial score (nSPS) is 13.1. The molecule has 7 heteroatoms. The average Bonchev–Trinajstić information content (AvgIpc) is 3.06. The van der Waals surface area contributed by atoms with Gasteiger partial charge in [0.05, 0.1) is 0 Å². The van der Waals surface area contributed by atoms with E-state index < -0.39 is 18.1 Å². The molecule has 0 saturated heterocycles. The number of carboxylic acids is 1. The van der Waals surface area contributed by atoms with Crippen LogP contribution in [0.2, 0.25) is 0 Å². The van der Waals surface area contributed by atoms with Gasteiger partial charge in [0, 0.05) is 25.4 Å². The Balaban J connectivity index is 1.61. The number of carboxylic acid groups (broad SMARTS) is 1. The molecule has 2 N–H and O–H groups in total. The van der Waals surface area contributed by atoms with Crippen molar-refractivity contribution in [3.63, 3.8) is 0 Å². The molecule has 0 saturated carbocycles. The van der Waals surface area contributed by atoms with E-state index in [2.05, 4.69) is 29.6 Å². The summed E-state index contributed by atoms with van der Waals surface area (Å²) < 4.78 is 5.55. The maximum absolute atomic E-state index is 12.5. The fourth-order valence-corrected chi connectivity index (χ4v) is 4.04. The summed E-state index contributed by atoms with van der Waals surface area (Å²) in [6.45, 7) is 1.78. The van der Waals surface area contributed by atoms with Gasteiger partial charge in [0.1, 0.15) is 13.2 Å². The van der Waals surface area contributed by atoms with Crippen LogP contribution in [-0.2, 0) is 14.3 Å². The molecule has 0 fully saturated rings. The molecule has 1 atom stereocenters. The Kier molecular flexibility index (Phi) is 7.28. The van der Waals surface area contributed by atoms with E-state index in [1.165, 1.54) is 7.05 Å². The lowest BCUT2D eigenvalue weighted by molar-refractivity contribution is -0.143. The first-order chi connectivity index (χ1) is 14.9. The molecule has 0 spiro atoms. The highest BCUT2D eigenvalue weighted by Gasteiger charge is 2.29. The third kappa shape index (κ3) is 5.42. The number of rotatable bonds is 9. The van der Waals surface area contributed by atoms with E-state index in [1.54, 1.807) is 0 Å². The van der Waals surface area contributed by atoms with Gasteiger partial charge in [-0.15, -0.1) is 0 Å². The van der Waals surface area contributed by atoms with Crippen LogP contribution in [0.5, 0.6) is 0 Å². The Morgan fingerprint density at radius 2 is 1.65 bits per heavy atom. The maximum Gasteiger partial charge on any atom is 0.407 e. The Morgan fingerprint density at radius 1 is 1.06 bits per heavy atom. The number of aliphatic carboxylic acids is 1. The largest absolute Gasteiger partial charge is 0.480 e. The Morgan fingerprint density at radius 3 is 2.19 bits per heavy atom. The van der Waals surface area contributed by atoms with E-state index >= 15 is 0 Å². The van der Waals surface area contributed by atoms with E-state index in [0.29, 0.717) is 6.42 Å². The summed E-state index contributed by atoms with van der Waals surface area (Å²) in [7, 11) is 1.44. The van der Waals surface area contributed by atoms with Crippen LogP contribution in [0.25, 0.3) is 11.1 Å². The third-order valence-corrected chi connectivity index (χ3v) is 5.52. The molecule has 2 aromatic rings. The number of carbonyl (C=O) groups excluding carboxylic acids is 2. The fourth-order valence-electron chi connectivity index (χ4n) is 4.04. The van der Waals surface area contributed by atoms with Crippen LogP contribution in [0, 0.1) is 0 Å². The lowest BCUT2D eigenvalue weighted by atomic mass is 9.98. The zero-order valence-electron chi connectivity index (χ0n) is 17.8. The quantitative estimate of drug-likeness (QED) is 0.641. The first-order valence-corrected chi connectivity index (χ1v) is 10.5. The molecule has 1 aliphatic carbocycles. The SMILES string of the molecule is CCCC(CC(=O)N(C)CC(=O)O)NC(=O)OCC1c2ccccc2-c2ccccc21. The summed E-state index contributed by atoms with van der Waals surface area (Å²) in [5.41, 5.74) is 4.57. The van der Waals surface area contributed by atoms with E-state index in [-0.39, 0.29) is 31.4 Å². The molecule has 2 aromatic carbocycles. The van der Waals surface area contributed by atoms with Gasteiger partial charge >= 0.3 is 12.1 Å². The predicted molar refractivity (Wildman–Crippen MR) is 117 cm³/mol. The fraction of sp³-hybridized carbons (Fsp3) is 0.375. The van der Waals surface area contributed by atoms with Gasteiger partial charge < -0.3 is 20.1 Å². The maximum atomic E-state index is 12.5. The van der Waals surface area contributed by atoms with Crippen molar-refractivity contribution in [2.45, 2.75) is 38.1 Å². The monoisotopic (exact) mass is 424 g/mol. The van der Waals surface area contributed by atoms with Crippen molar-refractivity contribution in [2.24, 2.45) is 0 Å². The number of amides is 2. The summed E-state index contributed by atoms with van der Waals surface area (Å²) in [6.07, 6.45) is 0.817. The number of hydrogen-bond acceptors (Lipinski definition) is 4. The van der Waals surface area contributed by atoms with Gasteiger partial charge in [-0.05, 0) is 28.7 Å². The van der Waals surface area contributed by atoms with Crippen LogP contribution in [0.3, 0.4) is 0 Å². The smallest absolute Gasteiger partial charge is 0.407 e. The van der Waals surface area contributed by atoms with Crippen LogP contribution in [0.1, 0.15) is 43.2 Å². The number of benzene rings is 2. The molecule has 164 valence electrons. The van der Waals surface area contributed by atoms with Crippen LogP contribution >= 0.6 is 0 Å². The van der Waals surface area contributed by atoms with E-state index in [9.17, 15) is 14.4 Å². The third-order valence-electron chi connectivity index (χ3n) is 5.52. The van der Waals surface area contributed by atoms with Gasteiger partial charge in [-0.2, -0.15) is 0 Å². The highest BCUT2D eigenvalue weighted by Crippen LogP contribution is 2.44. The number of fused-ring (bicyclic) bond motifs is 3. The molecule has 0 bridgehead atoms. The lowest BCUT2D eigenvalue weighted by Gasteiger charge is -2.22. The number of ether oxygens (including phenoxy) is 1. The minimum atomic E-state index is -1.08. The molecule has 7 nitrogen and oxygen atoms in total. The van der Waals surface area contributed by atoms with Gasteiger partial charge in [-0.25, -0.2) is 4.79 Å². The van der Waals surface area contributed by atoms with Crippen molar-refractivity contribution >= 4 is 18.0 Å². The first-order valence-electron chi connectivity index (χ1n) is 10.5. The predicted octanol–water partition coefficient (Wildman–Crippen LogP) is 3.63. The number of nitrogens with one attached hydrogen (secondary N) is 1.